The first-order chi connectivity index (χ1) is 39.3. The van der Waals surface area contributed by atoms with E-state index < -0.39 is 138 Å². The summed E-state index contributed by atoms with van der Waals surface area (Å²) in [6, 6.07) is 21.7. The molecule has 11 rings (SSSR count). The van der Waals surface area contributed by atoms with Crippen molar-refractivity contribution in [2.45, 2.75) is 123 Å². The van der Waals surface area contributed by atoms with Crippen LogP contribution in [0.5, 0.6) is 5.75 Å². The molecule has 4 heteroatoms. The molecule has 1 aromatic heterocycles. The van der Waals surface area contributed by atoms with Crippen LogP contribution in [0.2, 0.25) is 0 Å². The lowest BCUT2D eigenvalue weighted by Crippen LogP contribution is -2.71. The first-order valence-corrected chi connectivity index (χ1v) is 21.5. The van der Waals surface area contributed by atoms with E-state index in [1.807, 2.05) is 98.5 Å². The summed E-state index contributed by atoms with van der Waals surface area (Å²) in [5, 5.41) is 0. The van der Waals surface area contributed by atoms with Crippen LogP contribution in [0.1, 0.15) is 158 Å². The van der Waals surface area contributed by atoms with E-state index in [1.165, 1.54) is 24.5 Å². The number of ether oxygens (including phenoxy) is 1. The van der Waals surface area contributed by atoms with Gasteiger partial charge in [0.2, 0.25) is 5.69 Å². The Labute approximate surface area is 412 Å². The van der Waals surface area contributed by atoms with Gasteiger partial charge < -0.3 is 9.64 Å². The summed E-state index contributed by atoms with van der Waals surface area (Å²) in [5.41, 5.74) is -4.80. The molecule has 0 saturated heterocycles. The van der Waals surface area contributed by atoms with Gasteiger partial charge in [-0.05, 0) is 98.3 Å². The number of para-hydroxylation sites is 1. The van der Waals surface area contributed by atoms with Crippen LogP contribution in [0.4, 0.5) is 17.1 Å². The summed E-state index contributed by atoms with van der Waals surface area (Å²) in [6.45, 7) is -3.21. The van der Waals surface area contributed by atoms with Gasteiger partial charge in [0.25, 0.3) is 0 Å². The highest BCUT2D eigenvalue weighted by Gasteiger charge is 2.70. The standard InChI is InChI=1S/C60H62N3O/c1-36-22-24-37(25-23-36)39-28-29-61-51(30-39)46-33-41(57(5,6)7)32-45-43-20-17-21-50-53(43)63-55(62(50)49-27-26-40(56(2,3)4)31-44(49)38-18-15-14-16-19-38)47-34-42(58(8,9)10)35-48(59(11,12)13)54(47)64-60(61,63)52(45)46/h14-35,55H,1-13H3/q+1/i1D3,8D3,11D3,12D3,13D3,22D,23D,24D,25D,28D,29D,30D. The molecule has 5 heterocycles. The molecule has 0 amide bonds. The third kappa shape index (κ3) is 5.76. The molecule has 64 heavy (non-hydrogen) atoms. The van der Waals surface area contributed by atoms with Crippen LogP contribution in [0.15, 0.2) is 133 Å². The van der Waals surface area contributed by atoms with Gasteiger partial charge in [-0.2, -0.15) is 0 Å². The predicted molar refractivity (Wildman–Crippen MR) is 266 cm³/mol. The van der Waals surface area contributed by atoms with Crippen LogP contribution in [0.3, 0.4) is 0 Å². The minimum absolute atomic E-state index is 0.0765. The summed E-state index contributed by atoms with van der Waals surface area (Å²) in [7, 11) is 0. The second kappa shape index (κ2) is 13.2. The van der Waals surface area contributed by atoms with E-state index in [0.29, 0.717) is 39.3 Å². The largest absolute Gasteiger partial charge is 0.432 e. The monoisotopic (exact) mass is 863 g/mol. The van der Waals surface area contributed by atoms with Gasteiger partial charge in [0.15, 0.2) is 6.17 Å². The van der Waals surface area contributed by atoms with Gasteiger partial charge in [-0.3, -0.25) is 0 Å². The Hall–Kier alpha value is -6.13. The van der Waals surface area contributed by atoms with Crippen molar-refractivity contribution in [1.82, 2.24) is 0 Å². The Morgan fingerprint density at radius 3 is 2.02 bits per heavy atom. The highest BCUT2D eigenvalue weighted by atomic mass is 16.5. The highest BCUT2D eigenvalue weighted by molar-refractivity contribution is 6.03. The number of pyridine rings is 1. The lowest BCUT2D eigenvalue weighted by atomic mass is 9.77. The quantitative estimate of drug-likeness (QED) is 0.165. The van der Waals surface area contributed by atoms with Crippen LogP contribution < -0.4 is 19.1 Å². The van der Waals surface area contributed by atoms with Gasteiger partial charge in [0.05, 0.1) is 30.9 Å². The second-order valence-corrected chi connectivity index (χ2v) is 20.0. The van der Waals surface area contributed by atoms with E-state index in [-0.39, 0.29) is 27.9 Å². The van der Waals surface area contributed by atoms with Crippen LogP contribution in [-0.4, -0.2) is 0 Å². The van der Waals surface area contributed by atoms with E-state index in [2.05, 4.69) is 20.8 Å². The Balaban J connectivity index is 1.41. The fourth-order valence-corrected chi connectivity index (χ4v) is 9.88. The molecule has 2 atom stereocenters. The number of hydrogen-bond donors (Lipinski definition) is 0. The van der Waals surface area contributed by atoms with Crippen molar-refractivity contribution in [2.24, 2.45) is 0 Å². The first kappa shape index (κ1) is 23.2. The number of nitrogens with zero attached hydrogens (tertiary/aromatic N) is 3. The zero-order valence-corrected chi connectivity index (χ0v) is 37.0. The third-order valence-corrected chi connectivity index (χ3v) is 13.1. The molecule has 0 aliphatic carbocycles. The molecular weight excluding hydrogens is 779 g/mol. The fraction of sp³-hybridized carbons (Fsp3) is 0.317. The number of hydrogen-bond acceptors (Lipinski definition) is 3. The smallest absolute Gasteiger partial charge is 0.410 e. The lowest BCUT2D eigenvalue weighted by Gasteiger charge is -2.49. The second-order valence-electron chi connectivity index (χ2n) is 20.0. The van der Waals surface area contributed by atoms with Crippen molar-refractivity contribution < 1.29 is 39.5 Å². The lowest BCUT2D eigenvalue weighted by molar-refractivity contribution is -0.774. The summed E-state index contributed by atoms with van der Waals surface area (Å²) >= 11 is 0. The van der Waals surface area contributed by atoms with Crippen molar-refractivity contribution in [2.75, 3.05) is 9.80 Å². The maximum Gasteiger partial charge on any atom is 0.432 e. The van der Waals surface area contributed by atoms with Gasteiger partial charge in [0.1, 0.15) is 18.8 Å². The van der Waals surface area contributed by atoms with Crippen molar-refractivity contribution >= 4 is 17.1 Å². The molecule has 0 bridgehead atoms. The van der Waals surface area contributed by atoms with Gasteiger partial charge in [-0.1, -0.05) is 167 Å². The van der Waals surface area contributed by atoms with Crippen molar-refractivity contribution in [1.29, 1.82) is 0 Å². The molecule has 0 radical (unpaired) electrons. The molecule has 4 aliphatic rings. The number of aromatic nitrogens is 1. The van der Waals surface area contributed by atoms with Gasteiger partial charge in [0, 0.05) is 60.5 Å². The molecule has 322 valence electrons. The summed E-state index contributed by atoms with van der Waals surface area (Å²) in [4.78, 5) is 3.68. The molecule has 2 unspecified atom stereocenters. The Morgan fingerprint density at radius 1 is 0.609 bits per heavy atom. The SMILES string of the molecule is [2H]c1c([2H])c(C([2H])([2H])[2H])c([2H])c([2H])c1-c1c([2H])c([2H])[n+]2c(c1[2H])-c1cc(C(C)(C)C)cc3c1C21Oc2c(cc(C(C)(C)C([2H])([2H])[2H])cc2C(C([2H])([2H])[2H])(C([2H])([2H])[2H])C([2H])([2H])[2H])C2N(c4ccc(C(C)(C)C)cc4-c4ccccc4)c4cccc-3c4N21. The Bertz CT molecular complexity index is 4000. The van der Waals surface area contributed by atoms with Crippen LogP contribution in [-0.2, 0) is 27.5 Å². The van der Waals surface area contributed by atoms with Crippen molar-refractivity contribution in [3.05, 3.63) is 172 Å². The zero-order valence-electron chi connectivity index (χ0n) is 59.0. The molecule has 6 aromatic carbocycles. The van der Waals surface area contributed by atoms with Gasteiger partial charge >= 0.3 is 5.85 Å². The Morgan fingerprint density at radius 2 is 1.31 bits per heavy atom. The van der Waals surface area contributed by atoms with E-state index in [1.54, 1.807) is 11.0 Å². The van der Waals surface area contributed by atoms with E-state index >= 15 is 0 Å². The molecule has 0 saturated carbocycles. The van der Waals surface area contributed by atoms with Crippen molar-refractivity contribution in [3.8, 4) is 50.4 Å². The maximum absolute atomic E-state index is 10.4. The van der Waals surface area contributed by atoms with Crippen molar-refractivity contribution in [3.63, 3.8) is 0 Å². The molecule has 7 aromatic rings. The topological polar surface area (TPSA) is 19.6 Å². The zero-order chi connectivity index (χ0) is 63.6. The predicted octanol–water partition coefficient (Wildman–Crippen LogP) is 15.2. The van der Waals surface area contributed by atoms with Gasteiger partial charge in [-0.15, -0.1) is 4.57 Å². The summed E-state index contributed by atoms with van der Waals surface area (Å²) in [5.74, 6) is -3.13. The first-order valence-electron chi connectivity index (χ1n) is 32.5. The number of rotatable bonds is 3. The van der Waals surface area contributed by atoms with Crippen LogP contribution in [0, 0.1) is 6.85 Å². The third-order valence-electron chi connectivity index (χ3n) is 13.1. The average molecular weight is 863 g/mol. The molecule has 1 spiro atoms. The number of benzene rings is 6. The Kier molecular flexibility index (Phi) is 4.79. The molecule has 4 aliphatic heterocycles. The highest BCUT2D eigenvalue weighted by Crippen LogP contribution is 2.68. The summed E-state index contributed by atoms with van der Waals surface area (Å²) < 4.78 is 211. The molecule has 0 N–H and O–H groups in total. The normalized spacial score (nSPS) is 24.0. The van der Waals surface area contributed by atoms with Gasteiger partial charge in [-0.25, -0.2) is 4.90 Å². The number of fused-ring (bicyclic) bond motifs is 5. The minimum atomic E-state index is -3.96. The molecular formula is C60H62N3O+. The maximum atomic E-state index is 10.4. The summed E-state index contributed by atoms with van der Waals surface area (Å²) in [6.07, 6.45) is -2.25. The van der Waals surface area contributed by atoms with E-state index in [0.717, 1.165) is 17.2 Å². The fourth-order valence-electron chi connectivity index (χ4n) is 9.88. The van der Waals surface area contributed by atoms with E-state index in [9.17, 15) is 19.2 Å². The minimum Gasteiger partial charge on any atom is -0.410 e. The van der Waals surface area contributed by atoms with Crippen LogP contribution >= 0.6 is 0 Å². The molecule has 4 nitrogen and oxygen atoms in total. The molecule has 0 fully saturated rings. The number of anilines is 3. The van der Waals surface area contributed by atoms with E-state index in [4.69, 9.17) is 15.7 Å². The average Bonchev–Trinajstić information content (AvgIpc) is 1.43. The van der Waals surface area contributed by atoms with Crippen LogP contribution in [0.25, 0.3) is 44.6 Å².